The van der Waals surface area contributed by atoms with Crippen LogP contribution in [0.4, 0.5) is 11.4 Å². The van der Waals surface area contributed by atoms with Gasteiger partial charge in [0.05, 0.1) is 36.5 Å². The second kappa shape index (κ2) is 11.3. The van der Waals surface area contributed by atoms with E-state index >= 15 is 0 Å². The van der Waals surface area contributed by atoms with E-state index in [1.54, 1.807) is 7.11 Å². The first-order chi connectivity index (χ1) is 19.9. The Kier molecular flexibility index (Phi) is 7.60. The predicted octanol–water partition coefficient (Wildman–Crippen LogP) is 5.65. The lowest BCUT2D eigenvalue weighted by atomic mass is 9.89. The first-order valence-corrected chi connectivity index (χ1v) is 14.6. The molecule has 6 rings (SSSR count). The van der Waals surface area contributed by atoms with Crippen molar-refractivity contribution in [2.75, 3.05) is 38.0 Å². The Balaban J connectivity index is 1.13. The number of benzene rings is 3. The molecule has 214 valence electrons. The van der Waals surface area contributed by atoms with Crippen LogP contribution in [-0.2, 0) is 21.5 Å². The molecule has 3 aromatic carbocycles. The molecule has 41 heavy (non-hydrogen) atoms. The number of hydrogen-bond donors (Lipinski definition) is 3. The predicted molar refractivity (Wildman–Crippen MR) is 164 cm³/mol. The Labute approximate surface area is 242 Å². The molecule has 2 heterocycles. The molecule has 1 unspecified atom stereocenters. The van der Waals surface area contributed by atoms with Crippen LogP contribution in [0.15, 0.2) is 66.7 Å². The van der Waals surface area contributed by atoms with Gasteiger partial charge in [0.15, 0.2) is 0 Å². The molecule has 0 amide bonds. The lowest BCUT2D eigenvalue weighted by molar-refractivity contribution is -0.110. The number of carbonyl (C=O) groups is 1. The number of aldehydes is 1. The number of fused-ring (bicyclic) bond motifs is 1. The van der Waals surface area contributed by atoms with Gasteiger partial charge < -0.3 is 25.0 Å². The first kappa shape index (κ1) is 27.5. The Morgan fingerprint density at radius 2 is 1.85 bits per heavy atom. The van der Waals surface area contributed by atoms with Gasteiger partial charge in [-0.15, -0.1) is 0 Å². The van der Waals surface area contributed by atoms with Crippen molar-refractivity contribution in [1.29, 1.82) is 0 Å². The van der Waals surface area contributed by atoms with Gasteiger partial charge in [0, 0.05) is 38.3 Å². The van der Waals surface area contributed by atoms with Crippen molar-refractivity contribution < 1.29 is 14.3 Å². The summed E-state index contributed by atoms with van der Waals surface area (Å²) in [5.41, 5.74) is 14.1. The largest absolute Gasteiger partial charge is 0.497 e. The van der Waals surface area contributed by atoms with Crippen molar-refractivity contribution in [3.05, 3.63) is 94.6 Å². The van der Waals surface area contributed by atoms with E-state index in [1.807, 2.05) is 25.2 Å². The average molecular weight is 553 g/mol. The van der Waals surface area contributed by atoms with E-state index in [2.05, 4.69) is 89.5 Å². The van der Waals surface area contributed by atoms with Crippen molar-refractivity contribution in [3.63, 3.8) is 0 Å². The number of nitrogens with zero attached hydrogens (tertiary/aromatic N) is 1. The number of hydrazine groups is 1. The quantitative estimate of drug-likeness (QED) is 0.296. The second-order valence-electron chi connectivity index (χ2n) is 11.7. The Morgan fingerprint density at radius 3 is 2.56 bits per heavy atom. The Morgan fingerprint density at radius 1 is 1.07 bits per heavy atom. The number of morpholine rings is 1. The number of carbonyl (C=O) groups excluding carboxylic acids is 1. The summed E-state index contributed by atoms with van der Waals surface area (Å²) in [4.78, 5) is 15.0. The fourth-order valence-corrected chi connectivity index (χ4v) is 6.61. The normalized spacial score (nSPS) is 27.3. The maximum absolute atomic E-state index is 12.5. The highest BCUT2D eigenvalue weighted by atomic mass is 16.5. The summed E-state index contributed by atoms with van der Waals surface area (Å²) in [6.07, 6.45) is 6.83. The van der Waals surface area contributed by atoms with E-state index in [0.717, 1.165) is 55.0 Å². The third kappa shape index (κ3) is 5.49. The van der Waals surface area contributed by atoms with Gasteiger partial charge in [-0.25, -0.2) is 5.43 Å². The molecule has 0 spiro atoms. The van der Waals surface area contributed by atoms with E-state index in [4.69, 9.17) is 9.47 Å². The summed E-state index contributed by atoms with van der Waals surface area (Å²) in [7, 11) is 3.54. The SMILES string of the molecule is CNc1ccc(OC)cc1[C@@]1(C=O)C[C@H]1c1ccc2c(c1)NNC2/C=C/c1ccc(CN2C[C@@H](C)O[C@@H](C)C2)cc1. The van der Waals surface area contributed by atoms with Crippen molar-refractivity contribution in [2.45, 2.75) is 56.4 Å². The maximum atomic E-state index is 12.5. The average Bonchev–Trinajstić information content (AvgIpc) is 3.60. The zero-order chi connectivity index (χ0) is 28.6. The van der Waals surface area contributed by atoms with Gasteiger partial charge in [-0.1, -0.05) is 48.6 Å². The maximum Gasteiger partial charge on any atom is 0.131 e. The van der Waals surface area contributed by atoms with Crippen LogP contribution in [0.2, 0.25) is 0 Å². The highest BCUT2D eigenvalue weighted by molar-refractivity contribution is 5.82. The summed E-state index contributed by atoms with van der Waals surface area (Å²) in [5.74, 6) is 0.889. The molecule has 7 nitrogen and oxygen atoms in total. The molecule has 7 heteroatoms. The minimum absolute atomic E-state index is 0.0689. The smallest absolute Gasteiger partial charge is 0.131 e. The van der Waals surface area contributed by atoms with E-state index in [1.165, 1.54) is 22.3 Å². The summed E-state index contributed by atoms with van der Waals surface area (Å²) >= 11 is 0. The second-order valence-corrected chi connectivity index (χ2v) is 11.7. The molecule has 2 fully saturated rings. The molecule has 1 saturated carbocycles. The van der Waals surface area contributed by atoms with Gasteiger partial charge in [-0.3, -0.25) is 4.90 Å². The lowest BCUT2D eigenvalue weighted by Crippen LogP contribution is -2.44. The number of methoxy groups -OCH3 is 1. The third-order valence-electron chi connectivity index (χ3n) is 8.75. The van der Waals surface area contributed by atoms with Crippen LogP contribution in [0.3, 0.4) is 0 Å². The molecule has 1 aliphatic carbocycles. The van der Waals surface area contributed by atoms with Crippen LogP contribution in [-0.4, -0.2) is 50.6 Å². The van der Waals surface area contributed by atoms with Gasteiger partial charge in [0.25, 0.3) is 0 Å². The number of anilines is 2. The molecule has 3 N–H and O–H groups in total. The highest BCUT2D eigenvalue weighted by Gasteiger charge is 2.57. The Hall–Kier alpha value is -3.65. The van der Waals surface area contributed by atoms with Crippen LogP contribution >= 0.6 is 0 Å². The van der Waals surface area contributed by atoms with Gasteiger partial charge in [0.1, 0.15) is 12.0 Å². The van der Waals surface area contributed by atoms with Crippen LogP contribution in [0.5, 0.6) is 5.75 Å². The third-order valence-corrected chi connectivity index (χ3v) is 8.75. The van der Waals surface area contributed by atoms with Crippen molar-refractivity contribution >= 4 is 23.7 Å². The van der Waals surface area contributed by atoms with E-state index in [9.17, 15) is 4.79 Å². The standard InChI is InChI=1S/C34H40N4O3/c1-22-18-38(19-23(2)41-22)20-25-7-5-24(6-8-25)9-13-31-28-12-10-26(15-33(28)37-36-31)30-17-34(30,21-39)29-16-27(40-4)11-14-32(29)35-3/h5-16,21-23,30-31,35-37H,17-20H2,1-4H3/b13-9+/t22-,23+,30-,31?,34-/m0/s1. The number of nitrogens with one attached hydrogen (secondary N) is 3. The minimum Gasteiger partial charge on any atom is -0.497 e. The first-order valence-electron chi connectivity index (χ1n) is 14.6. The summed E-state index contributed by atoms with van der Waals surface area (Å²) < 4.78 is 11.3. The monoisotopic (exact) mass is 552 g/mol. The van der Waals surface area contributed by atoms with Crippen molar-refractivity contribution in [2.24, 2.45) is 0 Å². The molecule has 3 aromatic rings. The molecule has 5 atom stereocenters. The van der Waals surface area contributed by atoms with Gasteiger partial charge in [-0.05, 0) is 72.4 Å². The molecule has 1 saturated heterocycles. The molecular formula is C34H40N4O3. The summed E-state index contributed by atoms with van der Waals surface area (Å²) in [5, 5.41) is 3.25. The fourth-order valence-electron chi connectivity index (χ4n) is 6.61. The van der Waals surface area contributed by atoms with E-state index in [0.29, 0.717) is 0 Å². The molecule has 2 aliphatic heterocycles. The number of hydrogen-bond acceptors (Lipinski definition) is 7. The van der Waals surface area contributed by atoms with E-state index in [-0.39, 0.29) is 24.2 Å². The molecular weight excluding hydrogens is 512 g/mol. The topological polar surface area (TPSA) is 74.9 Å². The van der Waals surface area contributed by atoms with Gasteiger partial charge >= 0.3 is 0 Å². The molecule has 0 aromatic heterocycles. The molecule has 0 bridgehead atoms. The highest BCUT2D eigenvalue weighted by Crippen LogP contribution is 2.61. The zero-order valence-corrected chi connectivity index (χ0v) is 24.3. The minimum atomic E-state index is -0.545. The van der Waals surface area contributed by atoms with Crippen molar-refractivity contribution in [3.8, 4) is 5.75 Å². The summed E-state index contributed by atoms with van der Waals surface area (Å²) in [6, 6.07) is 21.3. The van der Waals surface area contributed by atoms with Crippen LogP contribution in [0, 0.1) is 0 Å². The fraction of sp³-hybridized carbons (Fsp3) is 0.382. The molecule has 3 aliphatic rings. The molecule has 0 radical (unpaired) electrons. The van der Waals surface area contributed by atoms with Crippen molar-refractivity contribution in [1.82, 2.24) is 10.3 Å². The Bertz CT molecular complexity index is 1430. The zero-order valence-electron chi connectivity index (χ0n) is 24.3. The van der Waals surface area contributed by atoms with Gasteiger partial charge in [0.2, 0.25) is 0 Å². The van der Waals surface area contributed by atoms with Crippen LogP contribution in [0.25, 0.3) is 6.08 Å². The number of ether oxygens (including phenoxy) is 2. The lowest BCUT2D eigenvalue weighted by Gasteiger charge is -2.35. The van der Waals surface area contributed by atoms with Gasteiger partial charge in [-0.2, -0.15) is 0 Å². The van der Waals surface area contributed by atoms with Crippen LogP contribution < -0.4 is 20.9 Å². The summed E-state index contributed by atoms with van der Waals surface area (Å²) in [6.45, 7) is 7.19. The number of rotatable bonds is 9. The van der Waals surface area contributed by atoms with Crippen LogP contribution in [0.1, 0.15) is 60.0 Å². The van der Waals surface area contributed by atoms with E-state index < -0.39 is 5.41 Å².